The summed E-state index contributed by atoms with van der Waals surface area (Å²) >= 11 is 1.60. The van der Waals surface area contributed by atoms with E-state index in [2.05, 4.69) is 18.8 Å². The van der Waals surface area contributed by atoms with Crippen LogP contribution in [0.5, 0.6) is 0 Å². The van der Waals surface area contributed by atoms with E-state index in [1.54, 1.807) is 11.8 Å². The summed E-state index contributed by atoms with van der Waals surface area (Å²) in [5.74, 6) is -0.478. The fourth-order valence-corrected chi connectivity index (χ4v) is 3.85. The van der Waals surface area contributed by atoms with Crippen LogP contribution in [-0.4, -0.2) is 51.6 Å². The Labute approximate surface area is 117 Å². The molecule has 0 spiro atoms. The van der Waals surface area contributed by atoms with E-state index < -0.39 is 12.0 Å². The average molecular weight is 284 g/mol. The van der Waals surface area contributed by atoms with Crippen LogP contribution in [0.15, 0.2) is 12.2 Å². The number of amides is 1. The first kappa shape index (κ1) is 14.4. The molecule has 2 N–H and O–H groups in total. The minimum Gasteiger partial charge on any atom is -0.479 e. The highest BCUT2D eigenvalue weighted by molar-refractivity contribution is 8.00. The lowest BCUT2D eigenvalue weighted by Crippen LogP contribution is -2.74. The molecule has 2 heterocycles. The normalized spacial score (nSPS) is 29.9. The number of carbonyl (C=O) groups excluding carboxylic acids is 1. The maximum absolute atomic E-state index is 12.1. The lowest BCUT2D eigenvalue weighted by molar-refractivity contribution is -0.159. The van der Waals surface area contributed by atoms with Gasteiger partial charge in [0, 0.05) is 5.75 Å². The van der Waals surface area contributed by atoms with Gasteiger partial charge in [-0.3, -0.25) is 4.79 Å². The molecule has 2 aliphatic rings. The summed E-state index contributed by atoms with van der Waals surface area (Å²) in [6.45, 7) is 6.71. The zero-order valence-corrected chi connectivity index (χ0v) is 11.9. The molecule has 2 unspecified atom stereocenters. The molecule has 19 heavy (non-hydrogen) atoms. The number of carboxylic acids is 1. The third-order valence-electron chi connectivity index (χ3n) is 3.56. The Bertz CT molecular complexity index is 399. The Balaban J connectivity index is 1.93. The molecule has 2 saturated heterocycles. The van der Waals surface area contributed by atoms with Gasteiger partial charge in [-0.2, -0.15) is 0 Å². The third-order valence-corrected chi connectivity index (χ3v) is 4.94. The molecule has 6 heteroatoms. The highest BCUT2D eigenvalue weighted by Gasteiger charge is 2.55. The molecule has 5 nitrogen and oxygen atoms in total. The molecule has 2 aliphatic heterocycles. The number of unbranched alkanes of at least 4 members (excludes halogenated alkanes) is 2. The fraction of sp³-hybridized carbons (Fsp3) is 0.692. The molecule has 0 aliphatic carbocycles. The van der Waals surface area contributed by atoms with Gasteiger partial charge in [0.05, 0.1) is 0 Å². The van der Waals surface area contributed by atoms with Crippen LogP contribution >= 0.6 is 11.8 Å². The zero-order valence-electron chi connectivity index (χ0n) is 11.1. The van der Waals surface area contributed by atoms with Gasteiger partial charge in [0.2, 0.25) is 5.91 Å². The second-order valence-electron chi connectivity index (χ2n) is 4.98. The summed E-state index contributed by atoms with van der Waals surface area (Å²) in [6, 6.07) is -1.07. The Morgan fingerprint density at radius 2 is 2.32 bits per heavy atom. The summed E-state index contributed by atoms with van der Waals surface area (Å²) in [5.41, 5.74) is 0.603. The molecule has 1 amide bonds. The second kappa shape index (κ2) is 5.96. The molecule has 0 radical (unpaired) electrons. The Hall–Kier alpha value is -1.01. The molecule has 2 fully saturated rings. The van der Waals surface area contributed by atoms with E-state index in [4.69, 9.17) is 0 Å². The number of fused-ring (bicyclic) bond motifs is 1. The van der Waals surface area contributed by atoms with E-state index in [9.17, 15) is 14.7 Å². The zero-order chi connectivity index (χ0) is 14.0. The van der Waals surface area contributed by atoms with Gasteiger partial charge in [-0.15, -0.1) is 11.8 Å². The Morgan fingerprint density at radius 1 is 1.58 bits per heavy atom. The molecule has 3 atom stereocenters. The lowest BCUT2D eigenvalue weighted by atomic mass is 9.98. The summed E-state index contributed by atoms with van der Waals surface area (Å²) in [6.07, 6.45) is 3.34. The lowest BCUT2D eigenvalue weighted by Gasteiger charge is -2.52. The maximum Gasteiger partial charge on any atom is 0.330 e. The topological polar surface area (TPSA) is 69.6 Å². The SMILES string of the molecule is C=C1CS[C@@H]2C(NCCCCC)C(=O)N2C1C(=O)O. The first-order chi connectivity index (χ1) is 9.07. The number of rotatable bonds is 6. The number of nitrogens with zero attached hydrogens (tertiary/aromatic N) is 1. The number of nitrogens with one attached hydrogen (secondary N) is 1. The summed E-state index contributed by atoms with van der Waals surface area (Å²) in [4.78, 5) is 24.7. The fourth-order valence-electron chi connectivity index (χ4n) is 2.52. The van der Waals surface area contributed by atoms with Crippen molar-refractivity contribution in [3.63, 3.8) is 0 Å². The second-order valence-corrected chi connectivity index (χ2v) is 6.09. The van der Waals surface area contributed by atoms with Crippen LogP contribution in [-0.2, 0) is 9.59 Å². The number of thioether (sulfide) groups is 1. The number of hydrogen-bond donors (Lipinski definition) is 2. The van der Waals surface area contributed by atoms with Crippen molar-refractivity contribution in [2.24, 2.45) is 0 Å². The molecule has 2 rings (SSSR count). The Morgan fingerprint density at radius 3 is 2.95 bits per heavy atom. The minimum absolute atomic E-state index is 0.0549. The molecule has 0 aromatic carbocycles. The number of hydrogen-bond acceptors (Lipinski definition) is 4. The van der Waals surface area contributed by atoms with Crippen molar-refractivity contribution < 1.29 is 14.7 Å². The number of carboxylic acid groups (broad SMARTS) is 1. The molecule has 0 bridgehead atoms. The predicted molar refractivity (Wildman–Crippen MR) is 75.0 cm³/mol. The summed E-state index contributed by atoms with van der Waals surface area (Å²) in [7, 11) is 0. The van der Waals surface area contributed by atoms with Crippen molar-refractivity contribution in [2.75, 3.05) is 12.3 Å². The third kappa shape index (κ3) is 2.65. The van der Waals surface area contributed by atoms with Gasteiger partial charge < -0.3 is 15.3 Å². The van der Waals surface area contributed by atoms with Crippen molar-refractivity contribution in [2.45, 2.75) is 43.6 Å². The van der Waals surface area contributed by atoms with Crippen LogP contribution < -0.4 is 5.32 Å². The first-order valence-electron chi connectivity index (χ1n) is 6.65. The van der Waals surface area contributed by atoms with Crippen LogP contribution in [0.1, 0.15) is 26.2 Å². The highest BCUT2D eigenvalue weighted by atomic mass is 32.2. The van der Waals surface area contributed by atoms with E-state index in [-0.39, 0.29) is 17.3 Å². The van der Waals surface area contributed by atoms with Crippen molar-refractivity contribution in [1.29, 1.82) is 0 Å². The quantitative estimate of drug-likeness (QED) is 0.433. The van der Waals surface area contributed by atoms with E-state index in [1.807, 2.05) is 0 Å². The van der Waals surface area contributed by atoms with Crippen molar-refractivity contribution in [3.05, 3.63) is 12.2 Å². The van der Waals surface area contributed by atoms with E-state index in [0.717, 1.165) is 25.8 Å². The van der Waals surface area contributed by atoms with Crippen molar-refractivity contribution in [1.82, 2.24) is 10.2 Å². The predicted octanol–water partition coefficient (Wildman–Crippen LogP) is 1.06. The van der Waals surface area contributed by atoms with Gasteiger partial charge in [0.1, 0.15) is 11.4 Å². The van der Waals surface area contributed by atoms with Gasteiger partial charge in [-0.25, -0.2) is 4.79 Å². The van der Waals surface area contributed by atoms with E-state index in [1.165, 1.54) is 4.90 Å². The Kier molecular flexibility index (Phi) is 4.52. The molecule has 0 aromatic rings. The van der Waals surface area contributed by atoms with Gasteiger partial charge in [0.15, 0.2) is 6.04 Å². The number of aliphatic carboxylic acids is 1. The van der Waals surface area contributed by atoms with Gasteiger partial charge in [0.25, 0.3) is 0 Å². The molecular formula is C13H20N2O3S. The van der Waals surface area contributed by atoms with E-state index in [0.29, 0.717) is 11.3 Å². The van der Waals surface area contributed by atoms with Crippen molar-refractivity contribution in [3.8, 4) is 0 Å². The largest absolute Gasteiger partial charge is 0.479 e. The van der Waals surface area contributed by atoms with Crippen LogP contribution in [0.25, 0.3) is 0 Å². The monoisotopic (exact) mass is 284 g/mol. The summed E-state index contributed by atoms with van der Waals surface area (Å²) < 4.78 is 0. The van der Waals surface area contributed by atoms with Crippen LogP contribution in [0, 0.1) is 0 Å². The van der Waals surface area contributed by atoms with Crippen LogP contribution in [0.4, 0.5) is 0 Å². The van der Waals surface area contributed by atoms with E-state index >= 15 is 0 Å². The average Bonchev–Trinajstić information content (AvgIpc) is 2.38. The number of carbonyl (C=O) groups is 2. The summed E-state index contributed by atoms with van der Waals surface area (Å²) in [5, 5.41) is 12.4. The van der Waals surface area contributed by atoms with Crippen LogP contribution in [0.2, 0.25) is 0 Å². The van der Waals surface area contributed by atoms with Crippen LogP contribution in [0.3, 0.4) is 0 Å². The molecular weight excluding hydrogens is 264 g/mol. The standard InChI is InChI=1S/C13H20N2O3S/c1-3-4-5-6-14-9-11(16)15-10(13(17)18)8(2)7-19-12(9)15/h9-10,12,14H,2-7H2,1H3,(H,17,18)/t9?,10?,12-/m1/s1. The number of β-lactam (4-membered cyclic amide) rings is 1. The molecule has 0 saturated carbocycles. The van der Waals surface area contributed by atoms with Gasteiger partial charge in [-0.1, -0.05) is 26.3 Å². The first-order valence-corrected chi connectivity index (χ1v) is 7.70. The van der Waals surface area contributed by atoms with Gasteiger partial charge >= 0.3 is 5.97 Å². The van der Waals surface area contributed by atoms with Gasteiger partial charge in [-0.05, 0) is 18.5 Å². The highest BCUT2D eigenvalue weighted by Crippen LogP contribution is 2.39. The molecule has 106 valence electrons. The van der Waals surface area contributed by atoms with Crippen molar-refractivity contribution >= 4 is 23.6 Å². The minimum atomic E-state index is -0.979. The maximum atomic E-state index is 12.1. The smallest absolute Gasteiger partial charge is 0.330 e. The molecule has 0 aromatic heterocycles.